The Hall–Kier alpha value is -4.16. The number of anilines is 1. The summed E-state index contributed by atoms with van der Waals surface area (Å²) >= 11 is 18.5. The second-order valence-corrected chi connectivity index (χ2v) is 9.48. The van der Waals surface area contributed by atoms with E-state index in [1.54, 1.807) is 43.3 Å². The van der Waals surface area contributed by atoms with Crippen molar-refractivity contribution >= 4 is 64.4 Å². The molecule has 40 heavy (non-hydrogen) atoms. The summed E-state index contributed by atoms with van der Waals surface area (Å²) in [5, 5.41) is 3.33. The van der Waals surface area contributed by atoms with E-state index in [1.165, 1.54) is 24.3 Å². The average Bonchev–Trinajstić information content (AvgIpc) is 2.91. The summed E-state index contributed by atoms with van der Waals surface area (Å²) in [5.74, 6) is 1.66. The molecule has 4 rings (SSSR count). The lowest BCUT2D eigenvalue weighted by Gasteiger charge is -2.26. The zero-order valence-electron chi connectivity index (χ0n) is 21.0. The van der Waals surface area contributed by atoms with E-state index in [-0.39, 0.29) is 41.0 Å². The van der Waals surface area contributed by atoms with Crippen LogP contribution in [0, 0.1) is 12.3 Å². The van der Waals surface area contributed by atoms with Gasteiger partial charge in [0.1, 0.15) is 24.5 Å². The molecule has 204 valence electrons. The van der Waals surface area contributed by atoms with Gasteiger partial charge in [0.15, 0.2) is 11.5 Å². The Balaban J connectivity index is 1.57. The van der Waals surface area contributed by atoms with Crippen molar-refractivity contribution in [3.8, 4) is 29.6 Å². The fourth-order valence-electron chi connectivity index (χ4n) is 3.74. The molecule has 8 nitrogen and oxygen atoms in total. The van der Waals surface area contributed by atoms with Crippen molar-refractivity contribution in [3.05, 3.63) is 86.4 Å². The van der Waals surface area contributed by atoms with Gasteiger partial charge in [-0.05, 0) is 67.1 Å². The lowest BCUT2D eigenvalue weighted by molar-refractivity contribution is -0.122. The lowest BCUT2D eigenvalue weighted by atomic mass is 10.1. The number of nitrogens with one attached hydrogen (secondary N) is 1. The van der Waals surface area contributed by atoms with Gasteiger partial charge in [0.2, 0.25) is 0 Å². The molecule has 1 N–H and O–H groups in total. The summed E-state index contributed by atoms with van der Waals surface area (Å²) in [6, 6.07) is 13.4. The molecule has 0 bridgehead atoms. The number of nitrogens with zero attached hydrogens (tertiary/aromatic N) is 1. The van der Waals surface area contributed by atoms with Crippen LogP contribution < -0.4 is 24.4 Å². The normalized spacial score (nSPS) is 14.1. The zero-order valence-corrected chi connectivity index (χ0v) is 23.3. The average molecular weight is 600 g/mol. The predicted octanol–water partition coefficient (Wildman–Crippen LogP) is 6.30. The third-order valence-electron chi connectivity index (χ3n) is 5.55. The smallest absolute Gasteiger partial charge is 0.335 e. The van der Waals surface area contributed by atoms with E-state index >= 15 is 0 Å². The molecule has 0 saturated carbocycles. The van der Waals surface area contributed by atoms with Gasteiger partial charge in [0.05, 0.1) is 17.3 Å². The second kappa shape index (κ2) is 12.8. The molecule has 4 amide bonds. The van der Waals surface area contributed by atoms with E-state index in [1.807, 2.05) is 0 Å². The number of amides is 4. The highest BCUT2D eigenvalue weighted by Gasteiger charge is 2.37. The Labute approximate surface area is 245 Å². The van der Waals surface area contributed by atoms with Gasteiger partial charge in [-0.25, -0.2) is 9.69 Å². The van der Waals surface area contributed by atoms with Crippen LogP contribution in [0.15, 0.2) is 60.2 Å². The molecule has 0 aromatic heterocycles. The highest BCUT2D eigenvalue weighted by molar-refractivity contribution is 6.39. The quantitative estimate of drug-likeness (QED) is 0.176. The number of imide groups is 2. The molecular formula is C29H21Cl3N2O6. The van der Waals surface area contributed by atoms with Crippen molar-refractivity contribution < 1.29 is 28.6 Å². The third kappa shape index (κ3) is 6.52. The molecule has 0 unspecified atom stereocenters. The molecule has 11 heteroatoms. The Bertz CT molecular complexity index is 1550. The van der Waals surface area contributed by atoms with E-state index < -0.39 is 17.8 Å². The summed E-state index contributed by atoms with van der Waals surface area (Å²) in [7, 11) is 0. The van der Waals surface area contributed by atoms with E-state index in [4.69, 9.17) is 55.4 Å². The van der Waals surface area contributed by atoms with Gasteiger partial charge in [-0.2, -0.15) is 0 Å². The third-order valence-corrected chi connectivity index (χ3v) is 6.42. The summed E-state index contributed by atoms with van der Waals surface area (Å²) in [5.41, 5.74) is 1.05. The summed E-state index contributed by atoms with van der Waals surface area (Å²) < 4.78 is 16.8. The Morgan fingerprint density at radius 2 is 1.70 bits per heavy atom. The Morgan fingerprint density at radius 1 is 0.950 bits per heavy atom. The number of hydrogen-bond donors (Lipinski definition) is 1. The molecule has 1 aliphatic heterocycles. The standard InChI is InChI=1S/C29H21Cl3N2O6/c1-3-11-39-26-24(32)13-17(14-25(26)38-4-2)12-22-27(35)33-29(37)34(28(22)36)20-7-9-21(10-8-20)40-16-18-5-6-19(30)15-23(18)31/h1,5-10,12-15H,4,11,16H2,2H3,(H,33,35,37)/b22-12+. The molecule has 0 aliphatic carbocycles. The van der Waals surface area contributed by atoms with E-state index in [2.05, 4.69) is 11.2 Å². The van der Waals surface area contributed by atoms with Gasteiger partial charge in [0, 0.05) is 15.6 Å². The van der Waals surface area contributed by atoms with Crippen LogP contribution in [0.2, 0.25) is 15.1 Å². The summed E-state index contributed by atoms with van der Waals surface area (Å²) in [4.78, 5) is 39.4. The minimum Gasteiger partial charge on any atom is -0.490 e. The van der Waals surface area contributed by atoms with Crippen molar-refractivity contribution in [2.75, 3.05) is 18.1 Å². The van der Waals surface area contributed by atoms with Crippen LogP contribution in [0.4, 0.5) is 10.5 Å². The first kappa shape index (κ1) is 28.8. The fourth-order valence-corrected chi connectivity index (χ4v) is 4.47. The van der Waals surface area contributed by atoms with Crippen molar-refractivity contribution in [3.63, 3.8) is 0 Å². The van der Waals surface area contributed by atoms with Crippen LogP contribution in [0.3, 0.4) is 0 Å². The number of benzene rings is 3. The van der Waals surface area contributed by atoms with Crippen LogP contribution >= 0.6 is 34.8 Å². The van der Waals surface area contributed by atoms with Gasteiger partial charge in [0.25, 0.3) is 11.8 Å². The number of ether oxygens (including phenoxy) is 3. The Morgan fingerprint density at radius 3 is 2.38 bits per heavy atom. The van der Waals surface area contributed by atoms with Crippen LogP contribution in [0.5, 0.6) is 17.2 Å². The minimum atomic E-state index is -0.889. The number of carbonyl (C=O) groups excluding carboxylic acids is 3. The van der Waals surface area contributed by atoms with Gasteiger partial charge < -0.3 is 14.2 Å². The maximum atomic E-state index is 13.3. The zero-order chi connectivity index (χ0) is 28.8. The van der Waals surface area contributed by atoms with Crippen molar-refractivity contribution in [2.24, 2.45) is 0 Å². The number of hydrogen-bond acceptors (Lipinski definition) is 6. The molecular weight excluding hydrogens is 579 g/mol. The fraction of sp³-hybridized carbons (Fsp3) is 0.138. The van der Waals surface area contributed by atoms with Gasteiger partial charge in [-0.15, -0.1) is 6.42 Å². The molecule has 1 heterocycles. The van der Waals surface area contributed by atoms with Crippen molar-refractivity contribution in [1.82, 2.24) is 5.32 Å². The topological polar surface area (TPSA) is 94.2 Å². The van der Waals surface area contributed by atoms with E-state index in [9.17, 15) is 14.4 Å². The second-order valence-electron chi connectivity index (χ2n) is 8.23. The lowest BCUT2D eigenvalue weighted by Crippen LogP contribution is -2.54. The molecule has 3 aromatic carbocycles. The molecule has 1 aliphatic rings. The SMILES string of the molecule is C#CCOc1c(Cl)cc(/C=C2\C(=O)NC(=O)N(c3ccc(OCc4ccc(Cl)cc4Cl)cc3)C2=O)cc1OCC. The highest BCUT2D eigenvalue weighted by atomic mass is 35.5. The molecule has 1 fully saturated rings. The maximum Gasteiger partial charge on any atom is 0.335 e. The maximum absolute atomic E-state index is 13.3. The molecule has 3 aromatic rings. The van der Waals surface area contributed by atoms with E-state index in [0.29, 0.717) is 28.0 Å². The molecule has 0 radical (unpaired) electrons. The molecule has 0 atom stereocenters. The number of barbiturate groups is 1. The highest BCUT2D eigenvalue weighted by Crippen LogP contribution is 2.37. The minimum absolute atomic E-state index is 0.0309. The molecule has 0 spiro atoms. The number of halogens is 3. The number of urea groups is 1. The Kier molecular flexibility index (Phi) is 9.22. The first-order valence-corrected chi connectivity index (χ1v) is 13.0. The largest absolute Gasteiger partial charge is 0.490 e. The summed E-state index contributed by atoms with van der Waals surface area (Å²) in [6.45, 7) is 2.22. The van der Waals surface area contributed by atoms with Gasteiger partial charge >= 0.3 is 6.03 Å². The van der Waals surface area contributed by atoms with Crippen molar-refractivity contribution in [2.45, 2.75) is 13.5 Å². The number of carbonyl (C=O) groups is 3. The summed E-state index contributed by atoms with van der Waals surface area (Å²) in [6.07, 6.45) is 6.58. The van der Waals surface area contributed by atoms with Crippen LogP contribution in [0.25, 0.3) is 6.08 Å². The van der Waals surface area contributed by atoms with Crippen LogP contribution in [0.1, 0.15) is 18.1 Å². The number of rotatable bonds is 9. The molecule has 1 saturated heterocycles. The van der Waals surface area contributed by atoms with Crippen LogP contribution in [-0.2, 0) is 16.2 Å². The van der Waals surface area contributed by atoms with E-state index in [0.717, 1.165) is 10.5 Å². The van der Waals surface area contributed by atoms with Gasteiger partial charge in [-0.1, -0.05) is 46.8 Å². The first-order valence-electron chi connectivity index (χ1n) is 11.8. The monoisotopic (exact) mass is 598 g/mol. The van der Waals surface area contributed by atoms with Gasteiger partial charge in [-0.3, -0.25) is 14.9 Å². The number of terminal acetylenes is 1. The van der Waals surface area contributed by atoms with Crippen LogP contribution in [-0.4, -0.2) is 31.1 Å². The predicted molar refractivity (Wildman–Crippen MR) is 153 cm³/mol. The van der Waals surface area contributed by atoms with Crippen molar-refractivity contribution in [1.29, 1.82) is 0 Å². The first-order chi connectivity index (χ1) is 19.2.